The number of fused-ring (bicyclic) bond motifs is 1. The summed E-state index contributed by atoms with van der Waals surface area (Å²) >= 11 is 0. The number of rotatable bonds is 5. The van der Waals surface area contributed by atoms with E-state index < -0.39 is 0 Å². The van der Waals surface area contributed by atoms with Crippen LogP contribution in [0.2, 0.25) is 0 Å². The van der Waals surface area contributed by atoms with Crippen molar-refractivity contribution in [3.8, 4) is 0 Å². The van der Waals surface area contributed by atoms with E-state index in [4.69, 9.17) is 5.84 Å². The van der Waals surface area contributed by atoms with Gasteiger partial charge in [-0.05, 0) is 29.7 Å². The normalized spacial score (nSPS) is 12.7. The molecule has 3 aromatic rings. The molecule has 0 aliphatic heterocycles. The number of hydrogen-bond acceptors (Lipinski definition) is 3. The fourth-order valence-corrected chi connectivity index (χ4v) is 2.61. The predicted molar refractivity (Wildman–Crippen MR) is 85.6 cm³/mol. The van der Waals surface area contributed by atoms with Crippen molar-refractivity contribution in [3.63, 3.8) is 0 Å². The van der Waals surface area contributed by atoms with E-state index in [1.54, 1.807) is 0 Å². The van der Waals surface area contributed by atoms with Gasteiger partial charge in [0.2, 0.25) is 0 Å². The molecule has 4 nitrogen and oxygen atoms in total. The van der Waals surface area contributed by atoms with Crippen LogP contribution in [0.1, 0.15) is 24.1 Å². The van der Waals surface area contributed by atoms with E-state index in [-0.39, 0.29) is 6.04 Å². The van der Waals surface area contributed by atoms with Crippen LogP contribution in [0.25, 0.3) is 10.8 Å². The smallest absolute Gasteiger partial charge is 0.0538 e. The molecule has 0 saturated carbocycles. The summed E-state index contributed by atoms with van der Waals surface area (Å²) in [6, 6.07) is 15.0. The van der Waals surface area contributed by atoms with E-state index >= 15 is 0 Å². The van der Waals surface area contributed by atoms with E-state index in [0.717, 1.165) is 18.5 Å². The maximum atomic E-state index is 5.73. The second-order valence-electron chi connectivity index (χ2n) is 5.23. The lowest BCUT2D eigenvalue weighted by molar-refractivity contribution is 0.550. The number of nitrogens with two attached hydrogens (primary N) is 1. The van der Waals surface area contributed by atoms with Gasteiger partial charge in [0.05, 0.1) is 12.2 Å². The van der Waals surface area contributed by atoms with Crippen molar-refractivity contribution in [3.05, 3.63) is 66.0 Å². The summed E-state index contributed by atoms with van der Waals surface area (Å²) in [5.41, 5.74) is 5.28. The number of aryl methyl sites for hydroxylation is 1. The molecule has 0 spiro atoms. The third kappa shape index (κ3) is 2.96. The molecule has 0 bridgehead atoms. The Balaban J connectivity index is 1.84. The van der Waals surface area contributed by atoms with Gasteiger partial charge in [0, 0.05) is 18.3 Å². The van der Waals surface area contributed by atoms with Crippen LogP contribution in [0.5, 0.6) is 0 Å². The van der Waals surface area contributed by atoms with Gasteiger partial charge < -0.3 is 0 Å². The van der Waals surface area contributed by atoms with E-state index in [0.29, 0.717) is 0 Å². The Bertz CT molecular complexity index is 732. The molecular weight excluding hydrogens is 260 g/mol. The first-order chi connectivity index (χ1) is 10.3. The summed E-state index contributed by atoms with van der Waals surface area (Å²) in [5.74, 6) is 5.73. The van der Waals surface area contributed by atoms with Gasteiger partial charge in [-0.3, -0.25) is 16.0 Å². The largest absolute Gasteiger partial charge is 0.273 e. The van der Waals surface area contributed by atoms with Crippen LogP contribution in [0.3, 0.4) is 0 Å². The zero-order valence-electron chi connectivity index (χ0n) is 12.2. The Kier molecular flexibility index (Phi) is 3.99. The minimum absolute atomic E-state index is 0.0754. The molecule has 0 amide bonds. The topological polar surface area (TPSA) is 55.9 Å². The standard InChI is InChI=1S/C17H20N4/c1-2-21-12-16(11-19-21)17(20-18)10-13-7-8-14-5-3-4-6-15(14)9-13/h3-9,11-12,17,20H,2,10,18H2,1H3. The molecular formula is C17H20N4. The molecule has 1 unspecified atom stereocenters. The molecule has 0 aliphatic carbocycles. The summed E-state index contributed by atoms with van der Waals surface area (Å²) in [6.45, 7) is 2.94. The maximum absolute atomic E-state index is 5.73. The maximum Gasteiger partial charge on any atom is 0.0538 e. The summed E-state index contributed by atoms with van der Waals surface area (Å²) in [6.07, 6.45) is 4.78. The molecule has 3 N–H and O–H groups in total. The van der Waals surface area contributed by atoms with Gasteiger partial charge in [0.25, 0.3) is 0 Å². The minimum atomic E-state index is 0.0754. The van der Waals surface area contributed by atoms with Gasteiger partial charge in [0.15, 0.2) is 0 Å². The number of hydrogen-bond donors (Lipinski definition) is 2. The average molecular weight is 280 g/mol. The minimum Gasteiger partial charge on any atom is -0.273 e. The first-order valence-electron chi connectivity index (χ1n) is 7.26. The molecule has 0 radical (unpaired) electrons. The van der Waals surface area contributed by atoms with Crippen molar-refractivity contribution in [1.82, 2.24) is 15.2 Å². The van der Waals surface area contributed by atoms with Crippen molar-refractivity contribution in [2.45, 2.75) is 25.9 Å². The molecule has 2 aromatic carbocycles. The highest BCUT2D eigenvalue weighted by molar-refractivity contribution is 5.83. The van der Waals surface area contributed by atoms with Crippen LogP contribution in [0, 0.1) is 0 Å². The van der Waals surface area contributed by atoms with Crippen LogP contribution >= 0.6 is 0 Å². The first kappa shape index (κ1) is 13.8. The van der Waals surface area contributed by atoms with Gasteiger partial charge in [-0.25, -0.2) is 0 Å². The second kappa shape index (κ2) is 6.08. The van der Waals surface area contributed by atoms with Crippen LogP contribution in [-0.2, 0) is 13.0 Å². The molecule has 0 saturated heterocycles. The van der Waals surface area contributed by atoms with Gasteiger partial charge in [-0.15, -0.1) is 0 Å². The van der Waals surface area contributed by atoms with Gasteiger partial charge in [0.1, 0.15) is 0 Å². The fourth-order valence-electron chi connectivity index (χ4n) is 2.61. The van der Waals surface area contributed by atoms with Crippen molar-refractivity contribution in [1.29, 1.82) is 0 Å². The van der Waals surface area contributed by atoms with Gasteiger partial charge >= 0.3 is 0 Å². The molecule has 0 fully saturated rings. The molecule has 108 valence electrons. The monoisotopic (exact) mass is 280 g/mol. The lowest BCUT2D eigenvalue weighted by Gasteiger charge is -2.14. The zero-order chi connectivity index (χ0) is 14.7. The lowest BCUT2D eigenvalue weighted by Crippen LogP contribution is -2.29. The molecule has 3 rings (SSSR count). The number of nitrogens with one attached hydrogen (secondary N) is 1. The highest BCUT2D eigenvalue weighted by Gasteiger charge is 2.13. The number of benzene rings is 2. The van der Waals surface area contributed by atoms with Crippen LogP contribution in [-0.4, -0.2) is 9.78 Å². The van der Waals surface area contributed by atoms with Crippen molar-refractivity contribution >= 4 is 10.8 Å². The number of nitrogens with zero attached hydrogens (tertiary/aromatic N) is 2. The molecule has 1 atom stereocenters. The molecule has 1 aromatic heterocycles. The Morgan fingerprint density at radius 1 is 1.19 bits per heavy atom. The van der Waals surface area contributed by atoms with Crippen molar-refractivity contribution in [2.24, 2.45) is 5.84 Å². The lowest BCUT2D eigenvalue weighted by atomic mass is 9.99. The highest BCUT2D eigenvalue weighted by Crippen LogP contribution is 2.21. The summed E-state index contributed by atoms with van der Waals surface area (Å²) < 4.78 is 1.92. The van der Waals surface area contributed by atoms with E-state index in [2.05, 4.69) is 59.9 Å². The molecule has 1 heterocycles. The van der Waals surface area contributed by atoms with Crippen molar-refractivity contribution < 1.29 is 0 Å². The Morgan fingerprint density at radius 2 is 2.00 bits per heavy atom. The van der Waals surface area contributed by atoms with Gasteiger partial charge in [-0.1, -0.05) is 42.5 Å². The Hall–Kier alpha value is -2.17. The Labute approximate surface area is 124 Å². The molecule has 4 heteroatoms. The van der Waals surface area contributed by atoms with E-state index in [1.165, 1.54) is 16.3 Å². The third-order valence-electron chi connectivity index (χ3n) is 3.83. The summed E-state index contributed by atoms with van der Waals surface area (Å²) in [5, 5.41) is 6.84. The van der Waals surface area contributed by atoms with Crippen LogP contribution < -0.4 is 11.3 Å². The first-order valence-corrected chi connectivity index (χ1v) is 7.26. The zero-order valence-corrected chi connectivity index (χ0v) is 12.2. The van der Waals surface area contributed by atoms with Crippen LogP contribution in [0.4, 0.5) is 0 Å². The van der Waals surface area contributed by atoms with E-state index in [1.807, 2.05) is 17.1 Å². The Morgan fingerprint density at radius 3 is 2.71 bits per heavy atom. The SMILES string of the molecule is CCn1cc(C(Cc2ccc3ccccc3c2)NN)cn1. The highest BCUT2D eigenvalue weighted by atomic mass is 15.3. The van der Waals surface area contributed by atoms with E-state index in [9.17, 15) is 0 Å². The average Bonchev–Trinajstić information content (AvgIpc) is 3.01. The molecule has 21 heavy (non-hydrogen) atoms. The predicted octanol–water partition coefficient (Wildman–Crippen LogP) is 2.80. The number of hydrazine groups is 1. The number of aromatic nitrogens is 2. The molecule has 0 aliphatic rings. The summed E-state index contributed by atoms with van der Waals surface area (Å²) in [4.78, 5) is 0. The summed E-state index contributed by atoms with van der Waals surface area (Å²) in [7, 11) is 0. The second-order valence-corrected chi connectivity index (χ2v) is 5.23. The fraction of sp³-hybridized carbons (Fsp3) is 0.235. The van der Waals surface area contributed by atoms with Gasteiger partial charge in [-0.2, -0.15) is 5.10 Å². The third-order valence-corrected chi connectivity index (χ3v) is 3.83. The van der Waals surface area contributed by atoms with Crippen LogP contribution in [0.15, 0.2) is 54.9 Å². The van der Waals surface area contributed by atoms with Crippen molar-refractivity contribution in [2.75, 3.05) is 0 Å². The quantitative estimate of drug-likeness (QED) is 0.558.